The SMILES string of the molecule is Cc1cc(NC(=O)[C@@H](C)OC(=O)[C@@H]2CC(=O)Nc3cc(F)ccc32)no1. The summed E-state index contributed by atoms with van der Waals surface area (Å²) in [6, 6.07) is 5.26. The topological polar surface area (TPSA) is 111 Å². The van der Waals surface area contributed by atoms with Crippen molar-refractivity contribution in [3.8, 4) is 0 Å². The van der Waals surface area contributed by atoms with Gasteiger partial charge in [0.25, 0.3) is 5.91 Å². The third-order valence-corrected chi connectivity index (χ3v) is 3.88. The van der Waals surface area contributed by atoms with Crippen LogP contribution in [0.1, 0.15) is 30.6 Å². The molecule has 0 radical (unpaired) electrons. The zero-order chi connectivity index (χ0) is 18.8. The van der Waals surface area contributed by atoms with Crippen molar-refractivity contribution in [1.82, 2.24) is 5.16 Å². The Labute approximate surface area is 147 Å². The summed E-state index contributed by atoms with van der Waals surface area (Å²) in [5.74, 6) is -2.49. The van der Waals surface area contributed by atoms with Crippen LogP contribution in [-0.4, -0.2) is 29.0 Å². The van der Waals surface area contributed by atoms with Crippen LogP contribution in [0.3, 0.4) is 0 Å². The Balaban J connectivity index is 1.69. The van der Waals surface area contributed by atoms with E-state index in [4.69, 9.17) is 9.26 Å². The molecule has 0 aliphatic carbocycles. The molecule has 1 aromatic carbocycles. The number of esters is 1. The maximum atomic E-state index is 13.3. The standard InChI is InChI=1S/C17H16FN3O5/c1-8-5-14(21-26-8)20-16(23)9(2)25-17(24)12-7-15(22)19-13-6-10(18)3-4-11(12)13/h3-6,9,12H,7H2,1-2H3,(H,19,22)(H,20,21,23)/t9-,12-/m1/s1. The molecule has 0 bridgehead atoms. The molecular weight excluding hydrogens is 345 g/mol. The molecule has 2 atom stereocenters. The Hall–Kier alpha value is -3.23. The normalized spacial score (nSPS) is 17.0. The number of benzene rings is 1. The molecule has 2 aromatic rings. The zero-order valence-corrected chi connectivity index (χ0v) is 14.0. The van der Waals surface area contributed by atoms with E-state index in [0.717, 1.165) is 6.07 Å². The largest absolute Gasteiger partial charge is 0.452 e. The molecule has 0 spiro atoms. The van der Waals surface area contributed by atoms with Gasteiger partial charge in [0.1, 0.15) is 11.6 Å². The van der Waals surface area contributed by atoms with Crippen molar-refractivity contribution in [2.45, 2.75) is 32.3 Å². The van der Waals surface area contributed by atoms with Gasteiger partial charge in [0.15, 0.2) is 11.9 Å². The lowest BCUT2D eigenvalue weighted by atomic mass is 9.90. The van der Waals surface area contributed by atoms with Gasteiger partial charge in [-0.2, -0.15) is 0 Å². The van der Waals surface area contributed by atoms with Crippen LogP contribution in [0.2, 0.25) is 0 Å². The minimum Gasteiger partial charge on any atom is -0.452 e. The van der Waals surface area contributed by atoms with Crippen molar-refractivity contribution in [3.05, 3.63) is 41.4 Å². The molecule has 3 rings (SSSR count). The summed E-state index contributed by atoms with van der Waals surface area (Å²) in [4.78, 5) is 36.3. The third kappa shape index (κ3) is 3.71. The van der Waals surface area contributed by atoms with Crippen molar-refractivity contribution < 1.29 is 28.0 Å². The predicted molar refractivity (Wildman–Crippen MR) is 87.8 cm³/mol. The summed E-state index contributed by atoms with van der Waals surface area (Å²) in [5.41, 5.74) is 0.661. The number of nitrogens with zero attached hydrogens (tertiary/aromatic N) is 1. The first-order valence-electron chi connectivity index (χ1n) is 7.87. The van der Waals surface area contributed by atoms with Gasteiger partial charge >= 0.3 is 5.97 Å². The maximum absolute atomic E-state index is 13.3. The van der Waals surface area contributed by atoms with Crippen LogP contribution in [0.15, 0.2) is 28.8 Å². The van der Waals surface area contributed by atoms with Crippen LogP contribution < -0.4 is 10.6 Å². The zero-order valence-electron chi connectivity index (χ0n) is 14.0. The number of aryl methyl sites for hydroxylation is 1. The molecule has 1 aliphatic heterocycles. The first kappa shape index (κ1) is 17.6. The highest BCUT2D eigenvalue weighted by Gasteiger charge is 2.34. The van der Waals surface area contributed by atoms with Gasteiger partial charge in [-0.15, -0.1) is 0 Å². The highest BCUT2D eigenvalue weighted by molar-refractivity contribution is 6.01. The van der Waals surface area contributed by atoms with Gasteiger partial charge in [-0.25, -0.2) is 4.39 Å². The van der Waals surface area contributed by atoms with Gasteiger partial charge in [-0.1, -0.05) is 11.2 Å². The van der Waals surface area contributed by atoms with E-state index in [2.05, 4.69) is 15.8 Å². The number of nitrogens with one attached hydrogen (secondary N) is 2. The van der Waals surface area contributed by atoms with Gasteiger partial charge in [0, 0.05) is 18.2 Å². The first-order chi connectivity index (χ1) is 12.3. The first-order valence-corrected chi connectivity index (χ1v) is 7.87. The fraction of sp³-hybridized carbons (Fsp3) is 0.294. The lowest BCUT2D eigenvalue weighted by molar-refractivity contribution is -0.155. The van der Waals surface area contributed by atoms with Gasteiger partial charge in [-0.05, 0) is 31.5 Å². The summed E-state index contributed by atoms with van der Waals surface area (Å²) in [5, 5.41) is 8.59. The van der Waals surface area contributed by atoms with E-state index in [9.17, 15) is 18.8 Å². The Morgan fingerprint density at radius 3 is 2.88 bits per heavy atom. The monoisotopic (exact) mass is 361 g/mol. The number of carbonyl (C=O) groups is 3. The summed E-state index contributed by atoms with van der Waals surface area (Å²) < 4.78 is 23.4. The van der Waals surface area contributed by atoms with Crippen molar-refractivity contribution in [2.24, 2.45) is 0 Å². The number of aromatic nitrogens is 1. The molecule has 2 heterocycles. The number of halogens is 1. The van der Waals surface area contributed by atoms with Crippen molar-refractivity contribution >= 4 is 29.3 Å². The van der Waals surface area contributed by atoms with Crippen LogP contribution >= 0.6 is 0 Å². The van der Waals surface area contributed by atoms with Crippen LogP contribution in [0.25, 0.3) is 0 Å². The quantitative estimate of drug-likeness (QED) is 0.807. The fourth-order valence-corrected chi connectivity index (χ4v) is 2.61. The Morgan fingerprint density at radius 2 is 2.19 bits per heavy atom. The Kier molecular flexibility index (Phi) is 4.70. The molecule has 136 valence electrons. The van der Waals surface area contributed by atoms with E-state index >= 15 is 0 Å². The van der Waals surface area contributed by atoms with E-state index < -0.39 is 35.6 Å². The van der Waals surface area contributed by atoms with Crippen molar-refractivity contribution in [3.63, 3.8) is 0 Å². The number of carbonyl (C=O) groups excluding carboxylic acids is 3. The molecule has 1 aliphatic rings. The van der Waals surface area contributed by atoms with Gasteiger partial charge < -0.3 is 19.9 Å². The van der Waals surface area contributed by atoms with Crippen LogP contribution in [-0.2, 0) is 19.1 Å². The van der Waals surface area contributed by atoms with Crippen molar-refractivity contribution in [1.29, 1.82) is 0 Å². The second-order valence-electron chi connectivity index (χ2n) is 5.93. The van der Waals surface area contributed by atoms with Crippen LogP contribution in [0.5, 0.6) is 0 Å². The Morgan fingerprint density at radius 1 is 1.42 bits per heavy atom. The average molecular weight is 361 g/mol. The minimum absolute atomic E-state index is 0.145. The van der Waals surface area contributed by atoms with Crippen LogP contribution in [0.4, 0.5) is 15.9 Å². The highest BCUT2D eigenvalue weighted by Crippen LogP contribution is 2.33. The molecule has 9 heteroatoms. The van der Waals surface area contributed by atoms with E-state index in [0.29, 0.717) is 11.3 Å². The van der Waals surface area contributed by atoms with Gasteiger partial charge in [0.05, 0.1) is 5.92 Å². The van der Waals surface area contributed by atoms with E-state index in [-0.39, 0.29) is 17.9 Å². The molecule has 26 heavy (non-hydrogen) atoms. The van der Waals surface area contributed by atoms with Crippen LogP contribution in [0, 0.1) is 12.7 Å². The summed E-state index contributed by atoms with van der Waals surface area (Å²) in [7, 11) is 0. The number of ether oxygens (including phenoxy) is 1. The molecule has 2 amide bonds. The second-order valence-corrected chi connectivity index (χ2v) is 5.93. The van der Waals surface area contributed by atoms with E-state index in [1.807, 2.05) is 0 Å². The molecule has 0 saturated carbocycles. The smallest absolute Gasteiger partial charge is 0.314 e. The fourth-order valence-electron chi connectivity index (χ4n) is 2.61. The maximum Gasteiger partial charge on any atom is 0.314 e. The molecule has 0 fully saturated rings. The number of fused-ring (bicyclic) bond motifs is 1. The molecule has 8 nitrogen and oxygen atoms in total. The number of anilines is 2. The van der Waals surface area contributed by atoms with E-state index in [1.165, 1.54) is 25.1 Å². The van der Waals surface area contributed by atoms with Gasteiger partial charge in [-0.3, -0.25) is 14.4 Å². The molecule has 0 saturated heterocycles. The summed E-state index contributed by atoms with van der Waals surface area (Å²) in [6.07, 6.45) is -1.26. The summed E-state index contributed by atoms with van der Waals surface area (Å²) >= 11 is 0. The Bertz CT molecular complexity index is 879. The lowest BCUT2D eigenvalue weighted by Crippen LogP contribution is -2.34. The molecule has 0 unspecified atom stereocenters. The number of amides is 2. The van der Waals surface area contributed by atoms with Crippen molar-refractivity contribution in [2.75, 3.05) is 10.6 Å². The number of hydrogen-bond acceptors (Lipinski definition) is 6. The van der Waals surface area contributed by atoms with Gasteiger partial charge in [0.2, 0.25) is 5.91 Å². The molecule has 2 N–H and O–H groups in total. The van der Waals surface area contributed by atoms with E-state index in [1.54, 1.807) is 6.92 Å². The molecule has 1 aromatic heterocycles. The second kappa shape index (κ2) is 6.95. The number of rotatable bonds is 4. The third-order valence-electron chi connectivity index (χ3n) is 3.88. The number of hydrogen-bond donors (Lipinski definition) is 2. The molecular formula is C17H16FN3O5. The minimum atomic E-state index is -1.12. The highest BCUT2D eigenvalue weighted by atomic mass is 19.1. The average Bonchev–Trinajstić information content (AvgIpc) is 2.98. The summed E-state index contributed by atoms with van der Waals surface area (Å²) in [6.45, 7) is 3.06. The predicted octanol–water partition coefficient (Wildman–Crippen LogP) is 2.12. The lowest BCUT2D eigenvalue weighted by Gasteiger charge is -2.25.